The molecule has 3 aromatic rings. The van der Waals surface area contributed by atoms with Crippen molar-refractivity contribution in [2.24, 2.45) is 0 Å². The molecule has 0 saturated heterocycles. The van der Waals surface area contributed by atoms with Gasteiger partial charge in [-0.2, -0.15) is 0 Å². The van der Waals surface area contributed by atoms with Gasteiger partial charge in [-0.15, -0.1) is 0 Å². The molecule has 162 valence electrons. The molecule has 0 saturated carbocycles. The molecule has 1 atom stereocenters. The second-order valence-electron chi connectivity index (χ2n) is 7.14. The van der Waals surface area contributed by atoms with Crippen molar-refractivity contribution in [1.82, 2.24) is 5.32 Å². The van der Waals surface area contributed by atoms with Crippen molar-refractivity contribution in [2.75, 3.05) is 10.8 Å². The third kappa shape index (κ3) is 5.46. The fraction of sp³-hybridized carbons (Fsp3) is 0.174. The topological polar surface area (TPSA) is 66.5 Å². The molecule has 0 aliphatic heterocycles. The van der Waals surface area contributed by atoms with Crippen molar-refractivity contribution in [1.29, 1.82) is 0 Å². The van der Waals surface area contributed by atoms with Gasteiger partial charge in [-0.1, -0.05) is 29.8 Å². The lowest BCUT2D eigenvalue weighted by Gasteiger charge is -2.25. The largest absolute Gasteiger partial charge is 0.348 e. The van der Waals surface area contributed by atoms with Gasteiger partial charge in [-0.3, -0.25) is 9.10 Å². The van der Waals surface area contributed by atoms with E-state index in [4.69, 9.17) is 0 Å². The zero-order valence-electron chi connectivity index (χ0n) is 17.0. The first-order chi connectivity index (χ1) is 14.7. The van der Waals surface area contributed by atoms with E-state index in [2.05, 4.69) is 5.32 Å². The summed E-state index contributed by atoms with van der Waals surface area (Å²) < 4.78 is 53.9. The van der Waals surface area contributed by atoms with E-state index in [0.29, 0.717) is 11.3 Å². The summed E-state index contributed by atoms with van der Waals surface area (Å²) in [6.07, 6.45) is 0. The number of amides is 1. The van der Waals surface area contributed by atoms with E-state index in [-0.39, 0.29) is 4.90 Å². The molecule has 1 amide bonds. The molecular formula is C23H22F2N2O3S. The average Bonchev–Trinajstić information content (AvgIpc) is 2.73. The maximum atomic E-state index is 13.3. The Morgan fingerprint density at radius 1 is 0.903 bits per heavy atom. The summed E-state index contributed by atoms with van der Waals surface area (Å²) >= 11 is 0. The fourth-order valence-corrected chi connectivity index (χ4v) is 4.43. The van der Waals surface area contributed by atoms with Crippen molar-refractivity contribution in [3.8, 4) is 0 Å². The van der Waals surface area contributed by atoms with E-state index in [1.165, 1.54) is 12.1 Å². The number of nitrogens with zero attached hydrogens (tertiary/aromatic N) is 1. The lowest BCUT2D eigenvalue weighted by Crippen LogP contribution is -2.41. The molecule has 8 heteroatoms. The summed E-state index contributed by atoms with van der Waals surface area (Å²) in [7, 11) is -4.13. The Morgan fingerprint density at radius 3 is 1.97 bits per heavy atom. The molecule has 1 N–H and O–H groups in total. The first-order valence-electron chi connectivity index (χ1n) is 9.56. The molecular weight excluding hydrogens is 422 g/mol. The zero-order chi connectivity index (χ0) is 22.6. The highest BCUT2D eigenvalue weighted by atomic mass is 32.2. The van der Waals surface area contributed by atoms with Crippen molar-refractivity contribution >= 4 is 21.6 Å². The van der Waals surface area contributed by atoms with E-state index in [9.17, 15) is 22.0 Å². The fourth-order valence-electron chi connectivity index (χ4n) is 3.01. The maximum absolute atomic E-state index is 13.3. The van der Waals surface area contributed by atoms with Gasteiger partial charge >= 0.3 is 0 Å². The van der Waals surface area contributed by atoms with E-state index < -0.39 is 40.2 Å². The molecule has 31 heavy (non-hydrogen) atoms. The van der Waals surface area contributed by atoms with Crippen LogP contribution in [0.4, 0.5) is 14.5 Å². The van der Waals surface area contributed by atoms with Crippen LogP contribution in [-0.2, 0) is 14.8 Å². The van der Waals surface area contributed by atoms with Crippen molar-refractivity contribution in [3.63, 3.8) is 0 Å². The van der Waals surface area contributed by atoms with E-state index in [0.717, 1.165) is 34.1 Å². The minimum Gasteiger partial charge on any atom is -0.348 e. The van der Waals surface area contributed by atoms with Gasteiger partial charge < -0.3 is 5.32 Å². The number of halogens is 2. The normalized spacial score (nSPS) is 12.3. The predicted molar refractivity (Wildman–Crippen MR) is 115 cm³/mol. The summed E-state index contributed by atoms with van der Waals surface area (Å²) in [5.41, 5.74) is 1.91. The Bertz CT molecular complexity index is 1150. The highest BCUT2D eigenvalue weighted by Crippen LogP contribution is 2.24. The van der Waals surface area contributed by atoms with Crippen molar-refractivity contribution in [2.45, 2.75) is 24.8 Å². The summed E-state index contributed by atoms with van der Waals surface area (Å²) in [5.74, 6) is -1.49. The number of hydrogen-bond acceptors (Lipinski definition) is 3. The van der Waals surface area contributed by atoms with Crippen molar-refractivity contribution in [3.05, 3.63) is 95.6 Å². The Balaban J connectivity index is 1.87. The summed E-state index contributed by atoms with van der Waals surface area (Å²) in [5, 5.41) is 2.73. The van der Waals surface area contributed by atoms with Crippen LogP contribution in [0.5, 0.6) is 0 Å². The lowest BCUT2D eigenvalue weighted by atomic mass is 10.1. The van der Waals surface area contributed by atoms with Gasteiger partial charge in [-0.05, 0) is 67.9 Å². The van der Waals surface area contributed by atoms with E-state index in [1.807, 2.05) is 6.92 Å². The highest BCUT2D eigenvalue weighted by molar-refractivity contribution is 7.92. The summed E-state index contributed by atoms with van der Waals surface area (Å²) in [6, 6.07) is 16.3. The Morgan fingerprint density at radius 2 is 1.42 bits per heavy atom. The number of sulfonamides is 1. The minimum absolute atomic E-state index is 0.131. The molecule has 0 spiro atoms. The van der Waals surface area contributed by atoms with Crippen molar-refractivity contribution < 1.29 is 22.0 Å². The molecule has 0 aliphatic carbocycles. The van der Waals surface area contributed by atoms with Crippen LogP contribution in [0.25, 0.3) is 0 Å². The van der Waals surface area contributed by atoms with Crippen LogP contribution in [0.15, 0.2) is 77.7 Å². The van der Waals surface area contributed by atoms with Crippen LogP contribution >= 0.6 is 0 Å². The SMILES string of the molecule is Cc1ccc(N(CC(=O)N[C@H](C)c2ccc(F)cc2)S(=O)(=O)c2ccc(F)cc2)cc1. The number of nitrogens with one attached hydrogen (secondary N) is 1. The lowest BCUT2D eigenvalue weighted by molar-refractivity contribution is -0.120. The smallest absolute Gasteiger partial charge is 0.264 e. The van der Waals surface area contributed by atoms with Gasteiger partial charge in [0.25, 0.3) is 10.0 Å². The Labute approximate surface area is 180 Å². The molecule has 0 unspecified atom stereocenters. The number of aryl methyl sites for hydroxylation is 1. The molecule has 0 aromatic heterocycles. The van der Waals surface area contributed by atoms with Crippen LogP contribution in [0, 0.1) is 18.6 Å². The molecule has 0 radical (unpaired) electrons. The predicted octanol–water partition coefficient (Wildman–Crippen LogP) is 4.35. The molecule has 0 aliphatic rings. The third-order valence-corrected chi connectivity index (χ3v) is 6.55. The second kappa shape index (κ2) is 9.26. The van der Waals surface area contributed by atoms with Gasteiger partial charge in [-0.25, -0.2) is 17.2 Å². The number of carbonyl (C=O) groups excluding carboxylic acids is 1. The monoisotopic (exact) mass is 444 g/mol. The zero-order valence-corrected chi connectivity index (χ0v) is 17.9. The van der Waals surface area contributed by atoms with Crippen LogP contribution in [0.1, 0.15) is 24.1 Å². The van der Waals surface area contributed by atoms with Gasteiger partial charge in [0.05, 0.1) is 16.6 Å². The summed E-state index contributed by atoms with van der Waals surface area (Å²) in [4.78, 5) is 12.6. The molecule has 5 nitrogen and oxygen atoms in total. The molecule has 0 fully saturated rings. The Hall–Kier alpha value is -3.26. The first-order valence-corrected chi connectivity index (χ1v) is 11.0. The number of carbonyl (C=O) groups is 1. The molecule has 3 rings (SSSR count). The average molecular weight is 445 g/mol. The van der Waals surface area contributed by atoms with E-state index in [1.54, 1.807) is 43.3 Å². The van der Waals surface area contributed by atoms with Gasteiger partial charge in [0, 0.05) is 0 Å². The number of benzene rings is 3. The van der Waals surface area contributed by atoms with Gasteiger partial charge in [0.2, 0.25) is 5.91 Å². The third-order valence-electron chi connectivity index (χ3n) is 4.76. The Kier molecular flexibility index (Phi) is 6.70. The van der Waals surface area contributed by atoms with Gasteiger partial charge in [0.1, 0.15) is 18.2 Å². The standard InChI is InChI=1S/C23H22F2N2O3S/c1-16-3-11-21(12-4-16)27(31(29,30)22-13-9-20(25)10-14-22)15-23(28)26-17(2)18-5-7-19(24)8-6-18/h3-14,17H,15H2,1-2H3,(H,26,28)/t17-/m1/s1. The second-order valence-corrected chi connectivity index (χ2v) is 9.00. The highest BCUT2D eigenvalue weighted by Gasteiger charge is 2.27. The first kappa shape index (κ1) is 22.4. The molecule has 0 bridgehead atoms. The quantitative estimate of drug-likeness (QED) is 0.589. The molecule has 0 heterocycles. The van der Waals surface area contributed by atoms with Crippen LogP contribution in [0.3, 0.4) is 0 Å². The maximum Gasteiger partial charge on any atom is 0.264 e. The minimum atomic E-state index is -4.13. The van der Waals surface area contributed by atoms with Crippen LogP contribution < -0.4 is 9.62 Å². The van der Waals surface area contributed by atoms with Crippen LogP contribution in [-0.4, -0.2) is 20.9 Å². The number of rotatable bonds is 7. The number of hydrogen-bond donors (Lipinski definition) is 1. The summed E-state index contributed by atoms with van der Waals surface area (Å²) in [6.45, 7) is 3.10. The molecule has 3 aromatic carbocycles. The van der Waals surface area contributed by atoms with Crippen LogP contribution in [0.2, 0.25) is 0 Å². The van der Waals surface area contributed by atoms with E-state index >= 15 is 0 Å². The van der Waals surface area contributed by atoms with Gasteiger partial charge in [0.15, 0.2) is 0 Å². The number of anilines is 1.